The lowest BCUT2D eigenvalue weighted by atomic mass is 10.0. The van der Waals surface area contributed by atoms with E-state index < -0.39 is 0 Å². The fraction of sp³-hybridized carbons (Fsp3) is 0.462. The summed E-state index contributed by atoms with van der Waals surface area (Å²) in [6, 6.07) is 10.0. The summed E-state index contributed by atoms with van der Waals surface area (Å²) in [4.78, 5) is 11.2. The third-order valence-corrected chi connectivity index (χ3v) is 2.08. The fourth-order valence-corrected chi connectivity index (χ4v) is 1.31. The van der Waals surface area contributed by atoms with Gasteiger partial charge >= 0.3 is 0 Å². The number of rotatable bonds is 3. The van der Waals surface area contributed by atoms with Crippen molar-refractivity contribution in [2.24, 2.45) is 5.92 Å². The maximum atomic E-state index is 11.2. The first-order valence-corrected chi connectivity index (χ1v) is 5.49. The van der Waals surface area contributed by atoms with Gasteiger partial charge in [-0.15, -0.1) is 0 Å². The van der Waals surface area contributed by atoms with Crippen LogP contribution in [0.3, 0.4) is 0 Å². The van der Waals surface area contributed by atoms with Crippen LogP contribution in [0.2, 0.25) is 0 Å². The molecule has 2 nitrogen and oxygen atoms in total. The van der Waals surface area contributed by atoms with E-state index in [2.05, 4.69) is 5.32 Å². The molecule has 1 aromatic carbocycles. The van der Waals surface area contributed by atoms with Crippen molar-refractivity contribution in [2.45, 2.75) is 27.2 Å². The molecule has 0 fully saturated rings. The third kappa shape index (κ3) is 5.21. The number of hydrogen-bond acceptors (Lipinski definition) is 1. The Morgan fingerprint density at radius 1 is 1.27 bits per heavy atom. The van der Waals surface area contributed by atoms with E-state index in [4.69, 9.17) is 0 Å². The molecule has 0 aliphatic rings. The summed E-state index contributed by atoms with van der Waals surface area (Å²) in [5.74, 6) is 0.149. The molecule has 84 valence electrons. The minimum Gasteiger partial charge on any atom is -0.359 e. The van der Waals surface area contributed by atoms with Crippen LogP contribution in [0.1, 0.15) is 26.3 Å². The van der Waals surface area contributed by atoms with E-state index in [9.17, 15) is 4.79 Å². The van der Waals surface area contributed by atoms with Crippen LogP contribution in [0.4, 0.5) is 0 Å². The van der Waals surface area contributed by atoms with Crippen LogP contribution in [-0.2, 0) is 11.2 Å². The van der Waals surface area contributed by atoms with Gasteiger partial charge in [-0.25, -0.2) is 0 Å². The molecule has 1 atom stereocenters. The van der Waals surface area contributed by atoms with Gasteiger partial charge in [0.15, 0.2) is 0 Å². The van der Waals surface area contributed by atoms with E-state index >= 15 is 0 Å². The van der Waals surface area contributed by atoms with Gasteiger partial charge in [-0.3, -0.25) is 4.79 Å². The lowest BCUT2D eigenvalue weighted by Crippen LogP contribution is -2.26. The van der Waals surface area contributed by atoms with Crippen LogP contribution >= 0.6 is 0 Å². The molecule has 0 spiro atoms. The van der Waals surface area contributed by atoms with Crippen LogP contribution in [0, 0.1) is 5.92 Å². The number of hydrogen-bond donors (Lipinski definition) is 1. The molecule has 0 bridgehead atoms. The van der Waals surface area contributed by atoms with E-state index in [1.54, 1.807) is 7.05 Å². The van der Waals surface area contributed by atoms with Gasteiger partial charge in [-0.1, -0.05) is 51.1 Å². The molecule has 0 saturated heterocycles. The van der Waals surface area contributed by atoms with Crippen molar-refractivity contribution in [3.63, 3.8) is 0 Å². The second-order valence-corrected chi connectivity index (χ2v) is 3.21. The van der Waals surface area contributed by atoms with E-state index in [0.717, 1.165) is 6.42 Å². The van der Waals surface area contributed by atoms with Gasteiger partial charge in [0.1, 0.15) is 0 Å². The molecule has 0 saturated carbocycles. The van der Waals surface area contributed by atoms with E-state index in [1.807, 2.05) is 51.1 Å². The van der Waals surface area contributed by atoms with Gasteiger partial charge in [-0.2, -0.15) is 0 Å². The lowest BCUT2D eigenvalue weighted by Gasteiger charge is -2.09. The highest BCUT2D eigenvalue weighted by Crippen LogP contribution is 2.07. The largest absolute Gasteiger partial charge is 0.359 e. The molecule has 1 amide bonds. The van der Waals surface area contributed by atoms with Crippen molar-refractivity contribution in [2.75, 3.05) is 7.05 Å². The average Bonchev–Trinajstić information content (AvgIpc) is 2.32. The highest BCUT2D eigenvalue weighted by molar-refractivity contribution is 5.78. The van der Waals surface area contributed by atoms with Crippen molar-refractivity contribution in [3.8, 4) is 0 Å². The molecule has 0 aromatic heterocycles. The second kappa shape index (κ2) is 8.04. The number of benzene rings is 1. The summed E-state index contributed by atoms with van der Waals surface area (Å²) < 4.78 is 0. The monoisotopic (exact) mass is 207 g/mol. The van der Waals surface area contributed by atoms with Gasteiger partial charge in [0.25, 0.3) is 0 Å². The molecular weight excluding hydrogens is 186 g/mol. The third-order valence-electron chi connectivity index (χ3n) is 2.08. The quantitative estimate of drug-likeness (QED) is 0.811. The van der Waals surface area contributed by atoms with Crippen LogP contribution < -0.4 is 5.32 Å². The Morgan fingerprint density at radius 2 is 1.80 bits per heavy atom. The molecule has 0 aliphatic heterocycles. The molecule has 1 rings (SSSR count). The Labute approximate surface area is 92.7 Å². The topological polar surface area (TPSA) is 29.1 Å². The predicted molar refractivity (Wildman–Crippen MR) is 64.7 cm³/mol. The van der Waals surface area contributed by atoms with Crippen molar-refractivity contribution >= 4 is 5.91 Å². The molecule has 1 unspecified atom stereocenters. The van der Waals surface area contributed by atoms with Crippen molar-refractivity contribution < 1.29 is 4.79 Å². The number of amides is 1. The standard InChI is InChI=1S/C11H15NO.C2H6/c1-9(11(13)12-2)8-10-6-4-3-5-7-10;1-2/h3-7,9H,8H2,1-2H3,(H,12,13);1-2H3. The van der Waals surface area contributed by atoms with Crippen molar-refractivity contribution in [3.05, 3.63) is 35.9 Å². The van der Waals surface area contributed by atoms with Gasteiger partial charge in [0, 0.05) is 13.0 Å². The Hall–Kier alpha value is -1.31. The zero-order chi connectivity index (χ0) is 11.7. The summed E-state index contributed by atoms with van der Waals surface area (Å²) >= 11 is 0. The number of carbonyl (C=O) groups is 1. The van der Waals surface area contributed by atoms with Gasteiger partial charge in [-0.05, 0) is 12.0 Å². The molecule has 1 aromatic rings. The molecule has 15 heavy (non-hydrogen) atoms. The number of nitrogens with one attached hydrogen (secondary N) is 1. The summed E-state index contributed by atoms with van der Waals surface area (Å²) in [6.07, 6.45) is 0.806. The molecule has 1 N–H and O–H groups in total. The Balaban J connectivity index is 0.000000921. The maximum absolute atomic E-state index is 11.2. The minimum atomic E-state index is 0.0485. The van der Waals surface area contributed by atoms with Crippen molar-refractivity contribution in [1.82, 2.24) is 5.32 Å². The molecular formula is C13H21NO. The highest BCUT2D eigenvalue weighted by atomic mass is 16.1. The molecule has 0 aliphatic carbocycles. The van der Waals surface area contributed by atoms with Crippen LogP contribution in [0.15, 0.2) is 30.3 Å². The van der Waals surface area contributed by atoms with E-state index in [-0.39, 0.29) is 11.8 Å². The maximum Gasteiger partial charge on any atom is 0.222 e. The van der Waals surface area contributed by atoms with Gasteiger partial charge in [0.2, 0.25) is 5.91 Å². The summed E-state index contributed by atoms with van der Waals surface area (Å²) in [7, 11) is 1.67. The molecule has 0 heterocycles. The number of carbonyl (C=O) groups excluding carboxylic acids is 1. The summed E-state index contributed by atoms with van der Waals surface area (Å²) in [5, 5.41) is 2.65. The predicted octanol–water partition coefficient (Wildman–Crippen LogP) is 2.64. The summed E-state index contributed by atoms with van der Waals surface area (Å²) in [5.41, 5.74) is 1.21. The highest BCUT2D eigenvalue weighted by Gasteiger charge is 2.10. The molecule has 0 radical (unpaired) electrons. The minimum absolute atomic E-state index is 0.0485. The normalized spacial score (nSPS) is 10.9. The Bertz CT molecular complexity index is 269. The van der Waals surface area contributed by atoms with E-state index in [0.29, 0.717) is 0 Å². The van der Waals surface area contributed by atoms with Crippen LogP contribution in [0.5, 0.6) is 0 Å². The zero-order valence-electron chi connectivity index (χ0n) is 10.1. The fourth-order valence-electron chi connectivity index (χ4n) is 1.31. The van der Waals surface area contributed by atoms with E-state index in [1.165, 1.54) is 5.56 Å². The molecule has 2 heteroatoms. The SMILES string of the molecule is CC.CNC(=O)C(C)Cc1ccccc1. The van der Waals surface area contributed by atoms with Gasteiger partial charge < -0.3 is 5.32 Å². The first-order chi connectivity index (χ1) is 7.24. The van der Waals surface area contributed by atoms with Crippen LogP contribution in [-0.4, -0.2) is 13.0 Å². The van der Waals surface area contributed by atoms with Crippen LogP contribution in [0.25, 0.3) is 0 Å². The average molecular weight is 207 g/mol. The Morgan fingerprint density at radius 3 is 2.27 bits per heavy atom. The van der Waals surface area contributed by atoms with Gasteiger partial charge in [0.05, 0.1) is 0 Å². The first kappa shape index (κ1) is 13.7. The first-order valence-electron chi connectivity index (χ1n) is 5.49. The summed E-state index contributed by atoms with van der Waals surface area (Å²) in [6.45, 7) is 5.94. The van der Waals surface area contributed by atoms with Crippen molar-refractivity contribution in [1.29, 1.82) is 0 Å². The second-order valence-electron chi connectivity index (χ2n) is 3.21. The smallest absolute Gasteiger partial charge is 0.222 e. The lowest BCUT2D eigenvalue weighted by molar-refractivity contribution is -0.123. The zero-order valence-corrected chi connectivity index (χ0v) is 10.1. The Kier molecular flexibility index (Phi) is 7.33.